The average molecular weight is 596 g/mol. The third-order valence-electron chi connectivity index (χ3n) is 5.14. The van der Waals surface area contributed by atoms with Crippen molar-refractivity contribution < 1.29 is 14.2 Å². The molecule has 182 valence electrons. The van der Waals surface area contributed by atoms with Crippen molar-refractivity contribution >= 4 is 51.3 Å². The Hall–Kier alpha value is -2.72. The van der Waals surface area contributed by atoms with Gasteiger partial charge in [-0.15, -0.1) is 0 Å². The van der Waals surface area contributed by atoms with Crippen LogP contribution >= 0.6 is 51.3 Å². The molecule has 0 amide bonds. The van der Waals surface area contributed by atoms with Gasteiger partial charge in [-0.25, -0.2) is 9.77 Å². The normalized spacial score (nSPS) is 10.8. The number of H-pyrrole nitrogens is 1. The molecule has 0 aliphatic carbocycles. The van der Waals surface area contributed by atoms with E-state index in [1.165, 1.54) is 0 Å². The van der Waals surface area contributed by atoms with Crippen LogP contribution in [0.15, 0.2) is 59.1 Å². The van der Waals surface area contributed by atoms with Crippen molar-refractivity contribution in [2.75, 3.05) is 19.6 Å². The molecule has 0 aliphatic rings. The topological polar surface area (TPSA) is 73.3 Å². The highest BCUT2D eigenvalue weighted by molar-refractivity contribution is 9.10. The van der Waals surface area contributed by atoms with Crippen LogP contribution in [0, 0.1) is 4.77 Å². The molecule has 0 fully saturated rings. The zero-order valence-electron chi connectivity index (χ0n) is 18.8. The summed E-state index contributed by atoms with van der Waals surface area (Å²) < 4.78 is 20.0. The van der Waals surface area contributed by atoms with Crippen molar-refractivity contribution in [3.8, 4) is 28.6 Å². The van der Waals surface area contributed by atoms with Crippen molar-refractivity contribution in [1.82, 2.24) is 14.9 Å². The van der Waals surface area contributed by atoms with Crippen molar-refractivity contribution in [2.24, 2.45) is 0 Å². The summed E-state index contributed by atoms with van der Waals surface area (Å²) in [6.45, 7) is 0.698. The molecular weight excluding hydrogens is 575 g/mol. The molecule has 2 N–H and O–H groups in total. The number of para-hydroxylation sites is 1. The van der Waals surface area contributed by atoms with Gasteiger partial charge in [-0.2, -0.15) is 5.10 Å². The molecule has 7 nitrogen and oxygen atoms in total. The number of hydrogen-bond acceptors (Lipinski definition) is 6. The number of hydrogen-bond donors (Lipinski definition) is 2. The first-order valence-corrected chi connectivity index (χ1v) is 12.3. The number of ether oxygens (including phenoxy) is 3. The first-order valence-electron chi connectivity index (χ1n) is 10.4. The second-order valence-corrected chi connectivity index (χ2v) is 9.44. The Morgan fingerprint density at radius 2 is 1.83 bits per heavy atom. The number of methoxy groups -OCH3 is 2. The van der Waals surface area contributed by atoms with E-state index in [2.05, 4.69) is 31.6 Å². The molecule has 1 heterocycles. The molecule has 0 atom stereocenters. The Kier molecular flexibility index (Phi) is 8.22. The molecule has 0 saturated heterocycles. The van der Waals surface area contributed by atoms with Crippen LogP contribution in [0.3, 0.4) is 0 Å². The van der Waals surface area contributed by atoms with Gasteiger partial charge in [-0.3, -0.25) is 0 Å². The molecule has 0 bridgehead atoms. The smallest absolute Gasteiger partial charge is 0.214 e. The van der Waals surface area contributed by atoms with Crippen molar-refractivity contribution in [3.05, 3.63) is 85.0 Å². The summed E-state index contributed by atoms with van der Waals surface area (Å²) in [5, 5.41) is 8.31. The summed E-state index contributed by atoms with van der Waals surface area (Å²) in [6, 6.07) is 16.7. The van der Waals surface area contributed by atoms with Crippen LogP contribution in [0.2, 0.25) is 10.0 Å². The molecule has 11 heteroatoms. The van der Waals surface area contributed by atoms with Gasteiger partial charge in [0.2, 0.25) is 4.77 Å². The van der Waals surface area contributed by atoms with E-state index in [9.17, 15) is 0 Å². The molecule has 1 aromatic heterocycles. The zero-order valence-corrected chi connectivity index (χ0v) is 22.7. The highest BCUT2D eigenvalue weighted by Gasteiger charge is 2.16. The number of nitrogens with one attached hydrogen (secondary N) is 2. The van der Waals surface area contributed by atoms with Crippen LogP contribution < -0.4 is 19.6 Å². The molecule has 0 aliphatic heterocycles. The predicted molar refractivity (Wildman–Crippen MR) is 144 cm³/mol. The third-order valence-corrected chi connectivity index (χ3v) is 6.59. The Morgan fingerprint density at radius 3 is 2.57 bits per heavy atom. The highest BCUT2D eigenvalue weighted by atomic mass is 79.9. The number of rotatable bonds is 9. The summed E-state index contributed by atoms with van der Waals surface area (Å²) >= 11 is 21.3. The van der Waals surface area contributed by atoms with Crippen LogP contribution in [0.25, 0.3) is 11.4 Å². The molecular formula is C24H21BrCl2N4O3S. The maximum absolute atomic E-state index is 6.27. The van der Waals surface area contributed by atoms with Crippen LogP contribution in [-0.2, 0) is 13.2 Å². The maximum atomic E-state index is 6.27. The Balaban J connectivity index is 1.54. The van der Waals surface area contributed by atoms with E-state index in [-0.39, 0.29) is 6.61 Å². The van der Waals surface area contributed by atoms with E-state index in [1.54, 1.807) is 31.0 Å². The zero-order chi connectivity index (χ0) is 24.9. The number of nitrogens with zero attached hydrogens (tertiary/aromatic N) is 2. The van der Waals surface area contributed by atoms with E-state index in [1.807, 2.05) is 42.5 Å². The molecule has 35 heavy (non-hydrogen) atoms. The first kappa shape index (κ1) is 25.4. The summed E-state index contributed by atoms with van der Waals surface area (Å²) in [4.78, 5) is 0. The van der Waals surface area contributed by atoms with Crippen LogP contribution in [0.5, 0.6) is 17.2 Å². The molecule has 0 unspecified atom stereocenters. The van der Waals surface area contributed by atoms with Gasteiger partial charge in [-0.1, -0.05) is 41.4 Å². The fourth-order valence-electron chi connectivity index (χ4n) is 3.43. The van der Waals surface area contributed by atoms with Gasteiger partial charge in [0.05, 0.1) is 30.8 Å². The average Bonchev–Trinajstić information content (AvgIpc) is 3.22. The van der Waals surface area contributed by atoms with Gasteiger partial charge in [-0.05, 0) is 70.1 Å². The lowest BCUT2D eigenvalue weighted by Gasteiger charge is -2.16. The van der Waals surface area contributed by atoms with Gasteiger partial charge in [0.15, 0.2) is 17.3 Å². The predicted octanol–water partition coefficient (Wildman–Crippen LogP) is 7.02. The second kappa shape index (κ2) is 11.3. The monoisotopic (exact) mass is 594 g/mol. The highest BCUT2D eigenvalue weighted by Crippen LogP contribution is 2.38. The van der Waals surface area contributed by atoms with Gasteiger partial charge < -0.3 is 19.6 Å². The second-order valence-electron chi connectivity index (χ2n) is 7.36. The van der Waals surface area contributed by atoms with Crippen molar-refractivity contribution in [1.29, 1.82) is 0 Å². The van der Waals surface area contributed by atoms with E-state index in [4.69, 9.17) is 49.6 Å². The van der Waals surface area contributed by atoms with Crippen molar-refractivity contribution in [3.63, 3.8) is 0 Å². The molecule has 3 aromatic carbocycles. The van der Waals surface area contributed by atoms with Gasteiger partial charge >= 0.3 is 0 Å². The maximum Gasteiger partial charge on any atom is 0.214 e. The molecule has 4 rings (SSSR count). The van der Waals surface area contributed by atoms with E-state index in [0.717, 1.165) is 21.2 Å². The Morgan fingerprint density at radius 1 is 1.06 bits per heavy atom. The summed E-state index contributed by atoms with van der Waals surface area (Å²) in [7, 11) is 3.21. The van der Waals surface area contributed by atoms with Crippen molar-refractivity contribution in [2.45, 2.75) is 13.2 Å². The lowest BCUT2D eigenvalue weighted by atomic mass is 10.2. The largest absolute Gasteiger partial charge is 0.496 e. The Labute approximate surface area is 226 Å². The molecule has 0 saturated carbocycles. The third kappa shape index (κ3) is 5.75. The fourth-order valence-corrected chi connectivity index (χ4v) is 4.69. The fraction of sp³-hybridized carbons (Fsp3) is 0.167. The van der Waals surface area contributed by atoms with E-state index >= 15 is 0 Å². The standard InChI is InChI=1S/C24H21BrCl2N4O3S/c1-32-20-6-4-3-5-17(20)23-29-30-24(35)31(23)28-12-14-9-18(25)22(21(10-14)33-2)34-13-15-7-8-16(26)11-19(15)27/h3-11,28H,12-13H2,1-2H3,(H,30,35). The van der Waals surface area contributed by atoms with Crippen LogP contribution in [0.4, 0.5) is 0 Å². The number of benzene rings is 3. The summed E-state index contributed by atoms with van der Waals surface area (Å²) in [5.74, 6) is 2.44. The minimum Gasteiger partial charge on any atom is -0.496 e. The lowest BCUT2D eigenvalue weighted by Crippen LogP contribution is -2.16. The van der Waals surface area contributed by atoms with E-state index < -0.39 is 0 Å². The number of aromatic amines is 1. The molecule has 4 aromatic rings. The first-order chi connectivity index (χ1) is 16.9. The molecule has 0 spiro atoms. The molecule has 0 radical (unpaired) electrons. The van der Waals surface area contributed by atoms with E-state index in [0.29, 0.717) is 44.4 Å². The summed E-state index contributed by atoms with van der Waals surface area (Å²) in [6.07, 6.45) is 0. The number of aromatic nitrogens is 3. The van der Waals surface area contributed by atoms with Gasteiger partial charge in [0.1, 0.15) is 12.4 Å². The van der Waals surface area contributed by atoms with Crippen LogP contribution in [-0.4, -0.2) is 29.1 Å². The minimum atomic E-state index is 0.259. The van der Waals surface area contributed by atoms with Gasteiger partial charge in [0.25, 0.3) is 0 Å². The quantitative estimate of drug-likeness (QED) is 0.203. The number of halogens is 3. The van der Waals surface area contributed by atoms with Gasteiger partial charge in [0, 0.05) is 15.6 Å². The van der Waals surface area contributed by atoms with Crippen LogP contribution in [0.1, 0.15) is 11.1 Å². The lowest BCUT2D eigenvalue weighted by molar-refractivity contribution is 0.282. The summed E-state index contributed by atoms with van der Waals surface area (Å²) in [5.41, 5.74) is 5.86. The minimum absolute atomic E-state index is 0.259. The Bertz CT molecular complexity index is 1410. The SMILES string of the molecule is COc1ccccc1-c1n[nH]c(=S)n1NCc1cc(Br)c(OCc2ccc(Cl)cc2Cl)c(OC)c1.